The van der Waals surface area contributed by atoms with Crippen LogP contribution in [0.4, 0.5) is 18.9 Å². The van der Waals surface area contributed by atoms with Crippen LogP contribution < -0.4 is 5.32 Å². The molecule has 1 atom stereocenters. The Morgan fingerprint density at radius 3 is 2.20 bits per heavy atom. The molecule has 0 aromatic heterocycles. The predicted molar refractivity (Wildman–Crippen MR) is 108 cm³/mol. The summed E-state index contributed by atoms with van der Waals surface area (Å²) in [6.45, 7) is 2.01. The van der Waals surface area contributed by atoms with Gasteiger partial charge in [0.25, 0.3) is 0 Å². The molecule has 156 valence electrons. The molecule has 0 radical (unpaired) electrons. The minimum Gasteiger partial charge on any atom is -0.364 e. The molecule has 0 fully saturated rings. The molecule has 4 rings (SSSR count). The summed E-state index contributed by atoms with van der Waals surface area (Å²) < 4.78 is 66.9. The third-order valence-electron chi connectivity index (χ3n) is 5.07. The zero-order valence-electron chi connectivity index (χ0n) is 16.0. The fraction of sp³-hybridized carbons (Fsp3) is 0.182. The number of aryl methyl sites for hydroxylation is 1. The van der Waals surface area contributed by atoms with Gasteiger partial charge in [-0.15, -0.1) is 0 Å². The Morgan fingerprint density at radius 1 is 0.933 bits per heavy atom. The van der Waals surface area contributed by atoms with Crippen molar-refractivity contribution in [1.82, 2.24) is 4.31 Å². The highest BCUT2D eigenvalue weighted by Gasteiger charge is 2.39. The molecule has 1 N–H and O–H groups in total. The van der Waals surface area contributed by atoms with Crippen LogP contribution in [0.15, 0.2) is 77.7 Å². The number of halogens is 3. The van der Waals surface area contributed by atoms with Gasteiger partial charge in [-0.3, -0.25) is 0 Å². The third-order valence-corrected chi connectivity index (χ3v) is 6.94. The van der Waals surface area contributed by atoms with Gasteiger partial charge in [0.05, 0.1) is 11.3 Å². The fourth-order valence-electron chi connectivity index (χ4n) is 3.45. The maximum atomic E-state index is 13.4. The van der Waals surface area contributed by atoms with Crippen LogP contribution in [-0.2, 0) is 22.7 Å². The first-order valence-electron chi connectivity index (χ1n) is 9.26. The molecule has 8 heteroatoms. The van der Waals surface area contributed by atoms with E-state index >= 15 is 0 Å². The molecule has 1 aliphatic rings. The number of alkyl halides is 3. The Hall–Kier alpha value is -2.84. The molecule has 0 aliphatic carbocycles. The standard InChI is InChI=1S/C22H19F3N2O2S/c1-15-6-8-16(9-7-15)14-27-21(17-10-12-18(13-11-17)22(23,24)25)26-19-4-2-3-5-20(19)30(27,28)29/h2-13,21,26H,14H2,1H3/t21-/m0/s1. The molecule has 1 heterocycles. The Balaban J connectivity index is 1.78. The maximum absolute atomic E-state index is 13.4. The molecule has 0 unspecified atom stereocenters. The smallest absolute Gasteiger partial charge is 0.364 e. The van der Waals surface area contributed by atoms with Crippen LogP contribution >= 0.6 is 0 Å². The van der Waals surface area contributed by atoms with Crippen LogP contribution in [0.2, 0.25) is 0 Å². The number of nitrogens with one attached hydrogen (secondary N) is 1. The molecule has 1 aliphatic heterocycles. The highest BCUT2D eigenvalue weighted by atomic mass is 32.2. The summed E-state index contributed by atoms with van der Waals surface area (Å²) in [6, 6.07) is 18.5. The van der Waals surface area contributed by atoms with E-state index < -0.39 is 27.9 Å². The summed E-state index contributed by atoms with van der Waals surface area (Å²) >= 11 is 0. The molecule has 0 spiro atoms. The summed E-state index contributed by atoms with van der Waals surface area (Å²) in [6.07, 6.45) is -5.30. The number of benzene rings is 3. The summed E-state index contributed by atoms with van der Waals surface area (Å²) in [4.78, 5) is 0.139. The van der Waals surface area contributed by atoms with E-state index in [0.29, 0.717) is 11.3 Å². The summed E-state index contributed by atoms with van der Waals surface area (Å²) in [7, 11) is -3.88. The number of hydrogen-bond acceptors (Lipinski definition) is 3. The molecular weight excluding hydrogens is 413 g/mol. The van der Waals surface area contributed by atoms with Gasteiger partial charge in [0.1, 0.15) is 11.1 Å². The van der Waals surface area contributed by atoms with Crippen molar-refractivity contribution < 1.29 is 21.6 Å². The number of anilines is 1. The number of fused-ring (bicyclic) bond motifs is 1. The van der Waals surface area contributed by atoms with Crippen molar-refractivity contribution in [3.8, 4) is 0 Å². The van der Waals surface area contributed by atoms with E-state index in [9.17, 15) is 21.6 Å². The molecular formula is C22H19F3N2O2S. The first-order valence-corrected chi connectivity index (χ1v) is 10.7. The van der Waals surface area contributed by atoms with Gasteiger partial charge in [-0.1, -0.05) is 54.1 Å². The van der Waals surface area contributed by atoms with Crippen LogP contribution in [0.3, 0.4) is 0 Å². The van der Waals surface area contributed by atoms with E-state index in [2.05, 4.69) is 5.32 Å². The van der Waals surface area contributed by atoms with Gasteiger partial charge >= 0.3 is 6.18 Å². The lowest BCUT2D eigenvalue weighted by atomic mass is 10.1. The van der Waals surface area contributed by atoms with Crippen LogP contribution in [0, 0.1) is 6.92 Å². The lowest BCUT2D eigenvalue weighted by molar-refractivity contribution is -0.137. The molecule has 3 aromatic rings. The lowest BCUT2D eigenvalue weighted by Gasteiger charge is -2.37. The monoisotopic (exact) mass is 432 g/mol. The zero-order chi connectivity index (χ0) is 21.5. The van der Waals surface area contributed by atoms with Crippen LogP contribution in [0.5, 0.6) is 0 Å². The Kier molecular flexibility index (Phi) is 5.07. The van der Waals surface area contributed by atoms with Crippen molar-refractivity contribution in [2.24, 2.45) is 0 Å². The first kappa shape index (κ1) is 20.4. The molecule has 0 saturated heterocycles. The second-order valence-corrected chi connectivity index (χ2v) is 9.06. The van der Waals surface area contributed by atoms with E-state index in [1.54, 1.807) is 18.2 Å². The molecule has 3 aromatic carbocycles. The van der Waals surface area contributed by atoms with Crippen molar-refractivity contribution in [3.05, 3.63) is 95.1 Å². The highest BCUT2D eigenvalue weighted by Crippen LogP contribution is 2.39. The number of sulfonamides is 1. The van der Waals surface area contributed by atoms with Gasteiger partial charge in [0, 0.05) is 6.54 Å². The minimum absolute atomic E-state index is 0.0790. The first-order chi connectivity index (χ1) is 14.2. The molecule has 0 saturated carbocycles. The van der Waals surface area contributed by atoms with Crippen LogP contribution in [0.25, 0.3) is 0 Å². The minimum atomic E-state index is -4.46. The number of hydrogen-bond donors (Lipinski definition) is 1. The maximum Gasteiger partial charge on any atom is 0.416 e. The summed E-state index contributed by atoms with van der Waals surface area (Å²) in [5, 5.41) is 3.17. The second-order valence-electron chi connectivity index (χ2n) is 7.20. The van der Waals surface area contributed by atoms with E-state index in [-0.39, 0.29) is 11.4 Å². The van der Waals surface area contributed by atoms with Crippen molar-refractivity contribution in [3.63, 3.8) is 0 Å². The van der Waals surface area contributed by atoms with Gasteiger partial charge in [-0.25, -0.2) is 8.42 Å². The summed E-state index contributed by atoms with van der Waals surface area (Å²) in [5.74, 6) is 0. The number of rotatable bonds is 3. The Bertz CT molecular complexity index is 1160. The van der Waals surface area contributed by atoms with E-state index in [1.807, 2.05) is 31.2 Å². The quantitative estimate of drug-likeness (QED) is 0.609. The van der Waals surface area contributed by atoms with Crippen molar-refractivity contribution in [2.45, 2.75) is 30.7 Å². The zero-order valence-corrected chi connectivity index (χ0v) is 16.8. The van der Waals surface area contributed by atoms with Crippen molar-refractivity contribution >= 4 is 15.7 Å². The van der Waals surface area contributed by atoms with Crippen LogP contribution in [0.1, 0.15) is 28.4 Å². The van der Waals surface area contributed by atoms with Gasteiger partial charge in [0.2, 0.25) is 10.0 Å². The highest BCUT2D eigenvalue weighted by molar-refractivity contribution is 7.89. The largest absolute Gasteiger partial charge is 0.416 e. The lowest BCUT2D eigenvalue weighted by Crippen LogP contribution is -2.42. The van der Waals surface area contributed by atoms with Gasteiger partial charge in [0.15, 0.2) is 0 Å². The molecule has 0 bridgehead atoms. The average Bonchev–Trinajstić information content (AvgIpc) is 2.71. The van der Waals surface area contributed by atoms with E-state index in [4.69, 9.17) is 0 Å². The number of para-hydroxylation sites is 1. The predicted octanol–water partition coefficient (Wildman–Crippen LogP) is 5.33. The van der Waals surface area contributed by atoms with Gasteiger partial charge in [-0.2, -0.15) is 17.5 Å². The second kappa shape index (κ2) is 7.45. The molecule has 30 heavy (non-hydrogen) atoms. The Labute approximate surface area is 173 Å². The fourth-order valence-corrected chi connectivity index (χ4v) is 5.13. The third kappa shape index (κ3) is 3.80. The van der Waals surface area contributed by atoms with Gasteiger partial charge in [-0.05, 0) is 42.3 Å². The van der Waals surface area contributed by atoms with E-state index in [1.165, 1.54) is 22.5 Å². The average molecular weight is 432 g/mol. The molecule has 0 amide bonds. The molecule has 4 nitrogen and oxygen atoms in total. The summed E-state index contributed by atoms with van der Waals surface area (Å²) in [5.41, 5.74) is 1.89. The topological polar surface area (TPSA) is 49.4 Å². The number of nitrogens with zero attached hydrogens (tertiary/aromatic N) is 1. The van der Waals surface area contributed by atoms with Gasteiger partial charge < -0.3 is 5.32 Å². The van der Waals surface area contributed by atoms with Crippen molar-refractivity contribution in [2.75, 3.05) is 5.32 Å². The van der Waals surface area contributed by atoms with Crippen LogP contribution in [-0.4, -0.2) is 12.7 Å². The van der Waals surface area contributed by atoms with E-state index in [0.717, 1.165) is 23.3 Å². The van der Waals surface area contributed by atoms with Crippen molar-refractivity contribution in [1.29, 1.82) is 0 Å². The Morgan fingerprint density at radius 2 is 1.57 bits per heavy atom. The SMILES string of the molecule is Cc1ccc(CN2[C@@H](c3ccc(C(F)(F)F)cc3)Nc3ccccc3S2(=O)=O)cc1. The normalized spacial score (nSPS) is 18.5.